The molecule has 3 rings (SSSR count). The van der Waals surface area contributed by atoms with Gasteiger partial charge in [0.05, 0.1) is 28.3 Å². The van der Waals surface area contributed by atoms with Crippen molar-refractivity contribution in [3.05, 3.63) is 53.0 Å². The van der Waals surface area contributed by atoms with Crippen LogP contribution in [0.25, 0.3) is 10.2 Å². The molecule has 0 unspecified atom stereocenters. The van der Waals surface area contributed by atoms with Crippen molar-refractivity contribution in [3.8, 4) is 5.75 Å². The minimum absolute atomic E-state index is 0.0572. The van der Waals surface area contributed by atoms with E-state index in [0.717, 1.165) is 32.2 Å². The van der Waals surface area contributed by atoms with E-state index in [1.165, 1.54) is 0 Å². The number of benzene rings is 2. The van der Waals surface area contributed by atoms with Crippen molar-refractivity contribution in [2.75, 3.05) is 11.9 Å². The lowest BCUT2D eigenvalue weighted by atomic mass is 10.2. The third kappa shape index (κ3) is 4.07. The van der Waals surface area contributed by atoms with E-state index in [9.17, 15) is 4.79 Å². The van der Waals surface area contributed by atoms with Crippen LogP contribution in [0.5, 0.6) is 5.75 Å². The molecule has 2 aromatic carbocycles. The Balaban J connectivity index is 1.53. The predicted octanol–water partition coefficient (Wildman–Crippen LogP) is 4.32. The van der Waals surface area contributed by atoms with Crippen LogP contribution >= 0.6 is 11.3 Å². The number of amides is 1. The zero-order valence-corrected chi connectivity index (χ0v) is 13.9. The molecule has 0 aliphatic carbocycles. The summed E-state index contributed by atoms with van der Waals surface area (Å²) in [7, 11) is 0. The van der Waals surface area contributed by atoms with Crippen LogP contribution in [0, 0.1) is 13.8 Å². The minimum Gasteiger partial charge on any atom is -0.493 e. The first kappa shape index (κ1) is 15.5. The maximum atomic E-state index is 12.0. The molecule has 23 heavy (non-hydrogen) atoms. The summed E-state index contributed by atoms with van der Waals surface area (Å²) in [5.74, 6) is 0.734. The molecule has 0 bridgehead atoms. The van der Waals surface area contributed by atoms with E-state index in [4.69, 9.17) is 4.74 Å². The predicted molar refractivity (Wildman–Crippen MR) is 94.3 cm³/mol. The Morgan fingerprint density at radius 1 is 1.22 bits per heavy atom. The number of nitrogens with one attached hydrogen (secondary N) is 1. The Morgan fingerprint density at radius 2 is 2.09 bits per heavy atom. The second-order valence-electron chi connectivity index (χ2n) is 5.38. The first-order chi connectivity index (χ1) is 11.1. The van der Waals surface area contributed by atoms with Gasteiger partial charge in [-0.1, -0.05) is 12.1 Å². The van der Waals surface area contributed by atoms with E-state index in [1.54, 1.807) is 11.3 Å². The van der Waals surface area contributed by atoms with E-state index in [-0.39, 0.29) is 5.91 Å². The van der Waals surface area contributed by atoms with Gasteiger partial charge in [0, 0.05) is 5.69 Å². The Bertz CT molecular complexity index is 842. The van der Waals surface area contributed by atoms with E-state index in [1.807, 2.05) is 56.3 Å². The van der Waals surface area contributed by atoms with Crippen molar-refractivity contribution < 1.29 is 9.53 Å². The molecule has 5 heteroatoms. The molecular formula is C18H18N2O2S. The quantitative estimate of drug-likeness (QED) is 0.759. The second-order valence-corrected chi connectivity index (χ2v) is 6.61. The summed E-state index contributed by atoms with van der Waals surface area (Å²) >= 11 is 1.62. The number of rotatable bonds is 5. The molecule has 1 amide bonds. The average molecular weight is 326 g/mol. The van der Waals surface area contributed by atoms with Crippen LogP contribution in [-0.2, 0) is 4.79 Å². The molecule has 0 spiro atoms. The van der Waals surface area contributed by atoms with Gasteiger partial charge < -0.3 is 10.1 Å². The molecule has 0 aliphatic heterocycles. The molecule has 4 nitrogen and oxygen atoms in total. The smallest absolute Gasteiger partial charge is 0.227 e. The highest BCUT2D eigenvalue weighted by atomic mass is 32.1. The highest BCUT2D eigenvalue weighted by molar-refractivity contribution is 7.18. The normalized spacial score (nSPS) is 10.7. The summed E-state index contributed by atoms with van der Waals surface area (Å²) < 4.78 is 6.68. The number of anilines is 1. The van der Waals surface area contributed by atoms with Gasteiger partial charge in [0.1, 0.15) is 5.75 Å². The number of hydrogen-bond donors (Lipinski definition) is 1. The zero-order chi connectivity index (χ0) is 16.2. The number of fused-ring (bicyclic) bond motifs is 1. The van der Waals surface area contributed by atoms with Gasteiger partial charge in [-0.15, -0.1) is 11.3 Å². The first-order valence-electron chi connectivity index (χ1n) is 7.47. The molecule has 1 heterocycles. The molecule has 0 atom stereocenters. The van der Waals surface area contributed by atoms with Gasteiger partial charge in [0.15, 0.2) is 0 Å². The Morgan fingerprint density at radius 3 is 2.91 bits per heavy atom. The summed E-state index contributed by atoms with van der Waals surface area (Å²) in [6.07, 6.45) is 0.313. The third-order valence-electron chi connectivity index (χ3n) is 3.37. The average Bonchev–Trinajstić information content (AvgIpc) is 2.86. The maximum absolute atomic E-state index is 12.0. The van der Waals surface area contributed by atoms with Crippen molar-refractivity contribution >= 4 is 33.1 Å². The van der Waals surface area contributed by atoms with Crippen molar-refractivity contribution in [3.63, 3.8) is 0 Å². The van der Waals surface area contributed by atoms with Gasteiger partial charge in [-0.3, -0.25) is 4.79 Å². The van der Waals surface area contributed by atoms with Gasteiger partial charge in [0.2, 0.25) is 5.91 Å². The number of nitrogens with zero attached hydrogens (tertiary/aromatic N) is 1. The lowest BCUT2D eigenvalue weighted by Gasteiger charge is -2.08. The number of aryl methyl sites for hydroxylation is 2. The third-order valence-corrected chi connectivity index (χ3v) is 4.30. The molecular weight excluding hydrogens is 308 g/mol. The van der Waals surface area contributed by atoms with Crippen LogP contribution in [0.4, 0.5) is 5.69 Å². The lowest BCUT2D eigenvalue weighted by molar-refractivity contribution is -0.116. The Labute approximate surface area is 139 Å². The lowest BCUT2D eigenvalue weighted by Crippen LogP contribution is -2.15. The number of ether oxygens (including phenoxy) is 1. The van der Waals surface area contributed by atoms with E-state index >= 15 is 0 Å². The van der Waals surface area contributed by atoms with Crippen molar-refractivity contribution in [1.82, 2.24) is 4.98 Å². The number of carbonyl (C=O) groups excluding carboxylic acids is 1. The minimum atomic E-state index is -0.0572. The highest BCUT2D eigenvalue weighted by Gasteiger charge is 2.06. The molecule has 1 N–H and O–H groups in total. The zero-order valence-electron chi connectivity index (χ0n) is 13.1. The molecule has 0 aliphatic rings. The van der Waals surface area contributed by atoms with Gasteiger partial charge in [-0.05, 0) is 49.7 Å². The van der Waals surface area contributed by atoms with Crippen molar-refractivity contribution in [1.29, 1.82) is 0 Å². The van der Waals surface area contributed by atoms with Crippen LogP contribution < -0.4 is 10.1 Å². The van der Waals surface area contributed by atoms with Crippen LogP contribution in [0.2, 0.25) is 0 Å². The summed E-state index contributed by atoms with van der Waals surface area (Å²) in [6.45, 7) is 4.35. The number of thiazole rings is 1. The van der Waals surface area contributed by atoms with E-state index in [2.05, 4.69) is 10.3 Å². The van der Waals surface area contributed by atoms with Gasteiger partial charge in [0.25, 0.3) is 0 Å². The summed E-state index contributed by atoms with van der Waals surface area (Å²) in [5.41, 5.74) is 2.90. The molecule has 0 saturated heterocycles. The molecule has 0 fully saturated rings. The van der Waals surface area contributed by atoms with Crippen LogP contribution in [0.1, 0.15) is 17.0 Å². The van der Waals surface area contributed by atoms with Crippen molar-refractivity contribution in [2.24, 2.45) is 0 Å². The van der Waals surface area contributed by atoms with Gasteiger partial charge in [-0.25, -0.2) is 4.98 Å². The van der Waals surface area contributed by atoms with Crippen LogP contribution in [0.15, 0.2) is 42.5 Å². The SMILES string of the molecule is Cc1cccc(OCCC(=O)Nc2ccc3nc(C)sc3c2)c1. The number of hydrogen-bond acceptors (Lipinski definition) is 4. The molecule has 0 saturated carbocycles. The van der Waals surface area contributed by atoms with Crippen molar-refractivity contribution in [2.45, 2.75) is 20.3 Å². The topological polar surface area (TPSA) is 51.2 Å². The number of carbonyl (C=O) groups is 1. The summed E-state index contributed by atoms with van der Waals surface area (Å²) in [6, 6.07) is 13.6. The number of aromatic nitrogens is 1. The monoisotopic (exact) mass is 326 g/mol. The summed E-state index contributed by atoms with van der Waals surface area (Å²) in [4.78, 5) is 16.4. The molecule has 3 aromatic rings. The molecule has 0 radical (unpaired) electrons. The largest absolute Gasteiger partial charge is 0.493 e. The fourth-order valence-corrected chi connectivity index (χ4v) is 3.17. The molecule has 118 valence electrons. The van der Waals surface area contributed by atoms with Gasteiger partial charge in [-0.2, -0.15) is 0 Å². The van der Waals surface area contributed by atoms with Crippen LogP contribution in [0.3, 0.4) is 0 Å². The highest BCUT2D eigenvalue weighted by Crippen LogP contribution is 2.24. The van der Waals surface area contributed by atoms with Gasteiger partial charge >= 0.3 is 0 Å². The fourth-order valence-electron chi connectivity index (χ4n) is 2.31. The van der Waals surface area contributed by atoms with Crippen LogP contribution in [-0.4, -0.2) is 17.5 Å². The molecule has 1 aromatic heterocycles. The Kier molecular flexibility index (Phi) is 4.57. The van der Waals surface area contributed by atoms with E-state index < -0.39 is 0 Å². The van der Waals surface area contributed by atoms with E-state index in [0.29, 0.717) is 13.0 Å². The second kappa shape index (κ2) is 6.79. The standard InChI is InChI=1S/C18H18N2O2S/c1-12-4-3-5-15(10-12)22-9-8-18(21)20-14-6-7-16-17(11-14)23-13(2)19-16/h3-7,10-11H,8-9H2,1-2H3,(H,20,21). The maximum Gasteiger partial charge on any atom is 0.227 e. The fraction of sp³-hybridized carbons (Fsp3) is 0.222. The summed E-state index contributed by atoms with van der Waals surface area (Å²) in [5, 5.41) is 3.92. The Hall–Kier alpha value is -2.40. The first-order valence-corrected chi connectivity index (χ1v) is 8.28.